The van der Waals surface area contributed by atoms with Gasteiger partial charge in [0, 0.05) is 33.1 Å². The zero-order valence-corrected chi connectivity index (χ0v) is 24.6. The Morgan fingerprint density at radius 2 is 1.77 bits per heavy atom. The van der Waals surface area contributed by atoms with Crippen LogP contribution < -0.4 is 19.9 Å². The summed E-state index contributed by atoms with van der Waals surface area (Å²) in [5.41, 5.74) is 0.0927. The Morgan fingerprint density at radius 3 is 2.30 bits per heavy atom. The molecule has 2 rings (SSSR count). The van der Waals surface area contributed by atoms with Crippen LogP contribution in [0, 0.1) is 12.3 Å². The van der Waals surface area contributed by atoms with Gasteiger partial charge in [0.1, 0.15) is 17.5 Å². The second kappa shape index (κ2) is 16.2. The van der Waals surface area contributed by atoms with Gasteiger partial charge in [-0.05, 0) is 38.0 Å². The van der Waals surface area contributed by atoms with Crippen LogP contribution >= 0.6 is 0 Å². The Hall–Kier alpha value is -4.54. The Bertz CT molecular complexity index is 1280. The second-order valence-electron chi connectivity index (χ2n) is 9.55. The molecule has 1 atom stereocenters. The van der Waals surface area contributed by atoms with Crippen LogP contribution in [-0.4, -0.2) is 83.4 Å². The molecule has 0 radical (unpaired) electrons. The number of carbonyl (C=O) groups excluding carboxylic acids is 2. The summed E-state index contributed by atoms with van der Waals surface area (Å²) in [6, 6.07) is 4.77. The first-order chi connectivity index (χ1) is 20.4. The lowest BCUT2D eigenvalue weighted by Gasteiger charge is -2.27. The van der Waals surface area contributed by atoms with Crippen molar-refractivity contribution >= 4 is 35.4 Å². The van der Waals surface area contributed by atoms with E-state index in [0.717, 1.165) is 25.5 Å². The van der Waals surface area contributed by atoms with Gasteiger partial charge in [-0.2, -0.15) is 18.2 Å². The lowest BCUT2D eigenvalue weighted by atomic mass is 10.1. The first-order valence-corrected chi connectivity index (χ1v) is 13.8. The predicted octanol–water partition coefficient (Wildman–Crippen LogP) is 4.58. The van der Waals surface area contributed by atoms with Crippen LogP contribution in [0.4, 0.5) is 35.4 Å². The van der Waals surface area contributed by atoms with E-state index in [1.807, 2.05) is 19.8 Å². The molecule has 1 aromatic carbocycles. The summed E-state index contributed by atoms with van der Waals surface area (Å²) < 4.78 is 45.6. The molecule has 1 unspecified atom stereocenters. The normalized spacial score (nSPS) is 11.7. The highest BCUT2D eigenvalue weighted by molar-refractivity contribution is 6.00. The minimum absolute atomic E-state index is 0.117. The van der Waals surface area contributed by atoms with Gasteiger partial charge < -0.3 is 25.0 Å². The number of alkyl halides is 3. The zero-order chi connectivity index (χ0) is 32.2. The predicted molar refractivity (Wildman–Crippen MR) is 156 cm³/mol. The van der Waals surface area contributed by atoms with Crippen LogP contribution in [-0.2, 0) is 16.0 Å². The average molecular weight is 607 g/mol. The van der Waals surface area contributed by atoms with Gasteiger partial charge in [0.2, 0.25) is 5.95 Å². The van der Waals surface area contributed by atoms with E-state index in [0.29, 0.717) is 25.2 Å². The van der Waals surface area contributed by atoms with Crippen molar-refractivity contribution in [3.63, 3.8) is 0 Å². The van der Waals surface area contributed by atoms with Gasteiger partial charge in [-0.1, -0.05) is 37.8 Å². The van der Waals surface area contributed by atoms with Crippen LogP contribution in [0.2, 0.25) is 0 Å². The fourth-order valence-electron chi connectivity index (χ4n) is 4.00. The summed E-state index contributed by atoms with van der Waals surface area (Å²) in [5.74, 6) is -1.50. The maximum absolute atomic E-state index is 13.4. The van der Waals surface area contributed by atoms with Crippen LogP contribution in [0.15, 0.2) is 30.5 Å². The number of unbranched alkanes of at least 4 members (excludes halogenated alkanes) is 2. The first-order valence-electron chi connectivity index (χ1n) is 13.8. The van der Waals surface area contributed by atoms with Crippen molar-refractivity contribution in [3.05, 3.63) is 36.0 Å². The summed E-state index contributed by atoms with van der Waals surface area (Å²) in [6.07, 6.45) is 3.18. The molecular formula is C29H37F3N6O5. The molecule has 2 N–H and O–H groups in total. The molecule has 2 amide bonds. The molecule has 0 bridgehead atoms. The number of nitrogens with zero attached hydrogens (tertiary/aromatic N) is 5. The number of ether oxygens (including phenoxy) is 1. The number of anilines is 3. The molecule has 0 aliphatic carbocycles. The van der Waals surface area contributed by atoms with Gasteiger partial charge in [-0.25, -0.2) is 14.6 Å². The number of benzene rings is 1. The number of aromatic nitrogens is 2. The maximum Gasteiger partial charge on any atom is 0.471 e. The van der Waals surface area contributed by atoms with Crippen LogP contribution in [0.5, 0.6) is 5.75 Å². The molecule has 43 heavy (non-hydrogen) atoms. The lowest BCUT2D eigenvalue weighted by Crippen LogP contribution is -2.42. The lowest BCUT2D eigenvalue weighted by molar-refractivity contribution is -0.170. The molecule has 0 fully saturated rings. The van der Waals surface area contributed by atoms with Gasteiger partial charge in [0.15, 0.2) is 5.82 Å². The van der Waals surface area contributed by atoms with E-state index in [2.05, 4.69) is 22.2 Å². The number of carboxylic acid groups (broad SMARTS) is 1. The zero-order valence-electron chi connectivity index (χ0n) is 24.6. The number of rotatable bonds is 15. The molecule has 0 aliphatic heterocycles. The molecule has 0 spiro atoms. The Morgan fingerprint density at radius 1 is 1.12 bits per heavy atom. The van der Waals surface area contributed by atoms with E-state index in [9.17, 15) is 32.7 Å². The number of halogens is 3. The van der Waals surface area contributed by atoms with Crippen molar-refractivity contribution in [2.75, 3.05) is 48.3 Å². The van der Waals surface area contributed by atoms with Gasteiger partial charge in [-0.3, -0.25) is 9.69 Å². The number of carbonyl (C=O) groups is 3. The topological polar surface area (TPSA) is 128 Å². The van der Waals surface area contributed by atoms with E-state index >= 15 is 0 Å². The van der Waals surface area contributed by atoms with E-state index in [1.165, 1.54) is 17.0 Å². The van der Waals surface area contributed by atoms with Crippen molar-refractivity contribution in [3.8, 4) is 18.1 Å². The van der Waals surface area contributed by atoms with E-state index in [4.69, 9.17) is 11.2 Å². The smallest absolute Gasteiger partial charge is 0.471 e. The van der Waals surface area contributed by atoms with Crippen molar-refractivity contribution in [1.82, 2.24) is 14.9 Å². The molecule has 1 aromatic heterocycles. The summed E-state index contributed by atoms with van der Waals surface area (Å²) in [6.45, 7) is 6.40. The van der Waals surface area contributed by atoms with Gasteiger partial charge in [0.05, 0.1) is 12.7 Å². The number of aliphatic carboxylic acids is 1. The number of nitrogens with one attached hydrogen (secondary N) is 1. The van der Waals surface area contributed by atoms with Crippen LogP contribution in [0.1, 0.15) is 45.6 Å². The molecule has 0 saturated carbocycles. The number of carboxylic acids is 1. The van der Waals surface area contributed by atoms with E-state index in [1.54, 1.807) is 24.1 Å². The highest BCUT2D eigenvalue weighted by Gasteiger charge is 2.44. The van der Waals surface area contributed by atoms with Crippen molar-refractivity contribution in [2.24, 2.45) is 0 Å². The summed E-state index contributed by atoms with van der Waals surface area (Å²) in [5, 5.41) is 12.6. The van der Waals surface area contributed by atoms with Crippen LogP contribution in [0.25, 0.3) is 0 Å². The highest BCUT2D eigenvalue weighted by Crippen LogP contribution is 2.30. The summed E-state index contributed by atoms with van der Waals surface area (Å²) in [7, 11) is 1.63. The molecular weight excluding hydrogens is 569 g/mol. The minimum Gasteiger partial charge on any atom is -0.480 e. The number of amides is 2. The summed E-state index contributed by atoms with van der Waals surface area (Å²) in [4.78, 5) is 48.6. The maximum atomic E-state index is 13.4. The van der Waals surface area contributed by atoms with Crippen LogP contribution in [0.3, 0.4) is 0 Å². The third-order valence-corrected chi connectivity index (χ3v) is 6.42. The minimum atomic E-state index is -5.26. The second-order valence-corrected chi connectivity index (χ2v) is 9.55. The third kappa shape index (κ3) is 10.1. The van der Waals surface area contributed by atoms with Gasteiger partial charge in [-0.15, -0.1) is 6.42 Å². The van der Waals surface area contributed by atoms with Gasteiger partial charge >= 0.3 is 24.1 Å². The fourth-order valence-corrected chi connectivity index (χ4v) is 4.00. The highest BCUT2D eigenvalue weighted by atomic mass is 19.4. The van der Waals surface area contributed by atoms with Gasteiger partial charge in [0.25, 0.3) is 0 Å². The first kappa shape index (κ1) is 34.7. The monoisotopic (exact) mass is 606 g/mol. The van der Waals surface area contributed by atoms with Crippen molar-refractivity contribution < 1.29 is 37.4 Å². The third-order valence-electron chi connectivity index (χ3n) is 6.42. The Labute approximate surface area is 249 Å². The fraction of sp³-hybridized carbons (Fsp3) is 0.483. The standard InChI is InChI=1S/C29H37F3N6O5/c1-6-10-11-17-36(5)28(42)43-21-14-12-20(13-15-21)18-22(25(39)40)34-24-23(19-33-27(35-24)37(8-3)9-4)38(16-7-2)26(41)29(30,31)32/h2,12-15,19,22H,6,8-11,16-18H2,1,3-5H3,(H,39,40)(H,33,34,35). The molecule has 11 nitrogen and oxygen atoms in total. The molecule has 14 heteroatoms. The number of hydrogen-bond acceptors (Lipinski definition) is 8. The summed E-state index contributed by atoms with van der Waals surface area (Å²) >= 11 is 0. The van der Waals surface area contributed by atoms with Crippen molar-refractivity contribution in [1.29, 1.82) is 0 Å². The average Bonchev–Trinajstić information content (AvgIpc) is 2.96. The Balaban J connectivity index is 2.35. The van der Waals surface area contributed by atoms with Crippen molar-refractivity contribution in [2.45, 2.75) is 58.7 Å². The number of hydrogen-bond donors (Lipinski definition) is 2. The molecule has 0 aliphatic rings. The molecule has 234 valence electrons. The number of terminal acetylenes is 1. The molecule has 1 heterocycles. The molecule has 2 aromatic rings. The largest absolute Gasteiger partial charge is 0.480 e. The SMILES string of the molecule is C#CCN(C(=O)C(F)(F)F)c1cnc(N(CC)CC)nc1NC(Cc1ccc(OC(=O)N(C)CCCCC)cc1)C(=O)O. The van der Waals surface area contributed by atoms with E-state index in [-0.39, 0.29) is 28.8 Å². The van der Waals surface area contributed by atoms with E-state index < -0.39 is 42.4 Å². The quantitative estimate of drug-likeness (QED) is 0.221. The Kier molecular flexibility index (Phi) is 13.0. The molecule has 0 saturated heterocycles.